The Balaban J connectivity index is 1.67. The van der Waals surface area contributed by atoms with Crippen LogP contribution < -0.4 is 10.6 Å². The van der Waals surface area contributed by atoms with Gasteiger partial charge in [-0.15, -0.1) is 11.3 Å². The first-order chi connectivity index (χ1) is 9.63. The molecule has 0 spiro atoms. The normalized spacial score (nSPS) is 10.5. The zero-order chi connectivity index (χ0) is 14.4. The lowest BCUT2D eigenvalue weighted by Gasteiger charge is -2.06. The van der Waals surface area contributed by atoms with Crippen LogP contribution in [0.15, 0.2) is 36.4 Å². The summed E-state index contributed by atoms with van der Waals surface area (Å²) in [5.41, 5.74) is 0.703. The van der Waals surface area contributed by atoms with Gasteiger partial charge in [0.15, 0.2) is 0 Å². The van der Waals surface area contributed by atoms with Gasteiger partial charge in [0.25, 0.3) is 0 Å². The summed E-state index contributed by atoms with van der Waals surface area (Å²) in [5.74, 6) is -0.0866. The van der Waals surface area contributed by atoms with Crippen molar-refractivity contribution in [3.05, 3.63) is 50.6 Å². The van der Waals surface area contributed by atoms with E-state index in [1.807, 2.05) is 12.1 Å². The van der Waals surface area contributed by atoms with Gasteiger partial charge in [0.05, 0.1) is 10.9 Å². The monoisotopic (exact) mass is 328 g/mol. The first-order valence-corrected chi connectivity index (χ1v) is 7.71. The minimum Gasteiger partial charge on any atom is -0.325 e. The molecule has 2 rings (SSSR count). The van der Waals surface area contributed by atoms with Gasteiger partial charge in [-0.05, 0) is 36.8 Å². The van der Waals surface area contributed by atoms with E-state index in [0.29, 0.717) is 10.7 Å². The summed E-state index contributed by atoms with van der Waals surface area (Å²) in [6.07, 6.45) is 0.863. The Morgan fingerprint density at radius 1 is 1.20 bits per heavy atom. The van der Waals surface area contributed by atoms with Crippen LogP contribution in [0.5, 0.6) is 0 Å². The molecule has 0 aliphatic heterocycles. The number of hydrogen-bond acceptors (Lipinski definition) is 3. The van der Waals surface area contributed by atoms with E-state index < -0.39 is 0 Å². The van der Waals surface area contributed by atoms with Crippen molar-refractivity contribution in [2.75, 3.05) is 18.4 Å². The van der Waals surface area contributed by atoms with Crippen LogP contribution in [-0.4, -0.2) is 19.0 Å². The molecule has 106 valence electrons. The van der Waals surface area contributed by atoms with E-state index in [4.69, 9.17) is 23.2 Å². The van der Waals surface area contributed by atoms with Crippen molar-refractivity contribution < 1.29 is 4.79 Å². The van der Waals surface area contributed by atoms with E-state index in [-0.39, 0.29) is 12.5 Å². The van der Waals surface area contributed by atoms with E-state index in [9.17, 15) is 4.79 Å². The van der Waals surface area contributed by atoms with Crippen molar-refractivity contribution in [3.63, 3.8) is 0 Å². The topological polar surface area (TPSA) is 41.1 Å². The molecule has 0 fully saturated rings. The molecule has 1 aromatic carbocycles. The Morgan fingerprint density at radius 3 is 2.75 bits per heavy atom. The minimum atomic E-state index is -0.0866. The fourth-order valence-corrected chi connectivity index (χ4v) is 2.95. The number of halogens is 2. The average Bonchev–Trinajstić information content (AvgIpc) is 2.80. The van der Waals surface area contributed by atoms with E-state index in [1.165, 1.54) is 4.88 Å². The molecule has 3 nitrogen and oxygen atoms in total. The van der Waals surface area contributed by atoms with E-state index in [2.05, 4.69) is 10.6 Å². The molecule has 1 amide bonds. The van der Waals surface area contributed by atoms with Gasteiger partial charge in [-0.1, -0.05) is 29.3 Å². The lowest BCUT2D eigenvalue weighted by atomic mass is 10.3. The summed E-state index contributed by atoms with van der Waals surface area (Å²) in [7, 11) is 0. The van der Waals surface area contributed by atoms with Crippen LogP contribution in [0, 0.1) is 0 Å². The molecule has 0 saturated heterocycles. The molecule has 2 aromatic rings. The smallest absolute Gasteiger partial charge is 0.238 e. The van der Waals surface area contributed by atoms with Gasteiger partial charge in [-0.3, -0.25) is 4.79 Å². The van der Waals surface area contributed by atoms with Crippen LogP contribution in [0.3, 0.4) is 0 Å². The molecule has 0 aliphatic carbocycles. The highest BCUT2D eigenvalue weighted by Crippen LogP contribution is 2.21. The minimum absolute atomic E-state index is 0.0866. The lowest BCUT2D eigenvalue weighted by molar-refractivity contribution is -0.115. The summed E-state index contributed by atoms with van der Waals surface area (Å²) >= 11 is 13.3. The summed E-state index contributed by atoms with van der Waals surface area (Å²) in [6.45, 7) is 1.01. The number of amides is 1. The van der Waals surface area contributed by atoms with E-state index in [1.54, 1.807) is 35.6 Å². The van der Waals surface area contributed by atoms with Crippen LogP contribution in [0.4, 0.5) is 5.69 Å². The first kappa shape index (κ1) is 15.3. The lowest BCUT2D eigenvalue weighted by Crippen LogP contribution is -2.29. The van der Waals surface area contributed by atoms with Gasteiger partial charge in [0.1, 0.15) is 0 Å². The summed E-state index contributed by atoms with van der Waals surface area (Å²) in [5, 5.41) is 6.48. The highest BCUT2D eigenvalue weighted by molar-refractivity contribution is 7.16. The largest absolute Gasteiger partial charge is 0.325 e. The average molecular weight is 329 g/mol. The number of thiophene rings is 1. The van der Waals surface area contributed by atoms with Crippen LogP contribution in [0.2, 0.25) is 9.36 Å². The molecule has 20 heavy (non-hydrogen) atoms. The molecular formula is C14H14Cl2N2OS. The van der Waals surface area contributed by atoms with Crippen molar-refractivity contribution in [2.24, 2.45) is 0 Å². The zero-order valence-electron chi connectivity index (χ0n) is 10.7. The number of carbonyl (C=O) groups excluding carboxylic acids is 1. The maximum atomic E-state index is 11.7. The molecular weight excluding hydrogens is 315 g/mol. The number of carbonyl (C=O) groups is 1. The van der Waals surface area contributed by atoms with Gasteiger partial charge >= 0.3 is 0 Å². The van der Waals surface area contributed by atoms with Crippen LogP contribution in [0.25, 0.3) is 0 Å². The highest BCUT2D eigenvalue weighted by Gasteiger charge is 2.03. The predicted octanol–water partition coefficient (Wildman–Crippen LogP) is 3.83. The SMILES string of the molecule is O=C(CNCCc1ccc(Cl)s1)Nc1cccc(Cl)c1. The quantitative estimate of drug-likeness (QED) is 0.791. The molecule has 0 aliphatic rings. The number of nitrogens with one attached hydrogen (secondary N) is 2. The van der Waals surface area contributed by atoms with Crippen LogP contribution >= 0.6 is 34.5 Å². The Labute approximate surface area is 131 Å². The Bertz CT molecular complexity index is 586. The standard InChI is InChI=1S/C14H14Cl2N2OS/c15-10-2-1-3-11(8-10)18-14(19)9-17-7-6-12-4-5-13(16)20-12/h1-5,8,17H,6-7,9H2,(H,18,19). The maximum Gasteiger partial charge on any atom is 0.238 e. The third-order valence-corrected chi connectivity index (χ3v) is 4.10. The van der Waals surface area contributed by atoms with Gasteiger partial charge in [-0.25, -0.2) is 0 Å². The molecule has 0 unspecified atom stereocenters. The Kier molecular flexibility index (Phi) is 5.86. The summed E-state index contributed by atoms with van der Waals surface area (Å²) < 4.78 is 0.790. The molecule has 6 heteroatoms. The van der Waals surface area contributed by atoms with Gasteiger partial charge in [-0.2, -0.15) is 0 Å². The summed E-state index contributed by atoms with van der Waals surface area (Å²) in [4.78, 5) is 12.9. The molecule has 0 radical (unpaired) electrons. The molecule has 1 aromatic heterocycles. The van der Waals surface area contributed by atoms with Crippen LogP contribution in [-0.2, 0) is 11.2 Å². The fourth-order valence-electron chi connectivity index (χ4n) is 1.67. The van der Waals surface area contributed by atoms with Crippen molar-refractivity contribution >= 4 is 46.1 Å². The highest BCUT2D eigenvalue weighted by atomic mass is 35.5. The second-order valence-electron chi connectivity index (χ2n) is 4.19. The van der Waals surface area contributed by atoms with Gasteiger partial charge < -0.3 is 10.6 Å². The zero-order valence-corrected chi connectivity index (χ0v) is 13.0. The molecule has 0 atom stereocenters. The third-order valence-electron chi connectivity index (χ3n) is 2.57. The molecule has 2 N–H and O–H groups in total. The van der Waals surface area contributed by atoms with Crippen LogP contribution in [0.1, 0.15) is 4.88 Å². The van der Waals surface area contributed by atoms with Crippen molar-refractivity contribution in [2.45, 2.75) is 6.42 Å². The number of rotatable bonds is 6. The van der Waals surface area contributed by atoms with E-state index >= 15 is 0 Å². The van der Waals surface area contributed by atoms with Crippen molar-refractivity contribution in [1.29, 1.82) is 0 Å². The Hall–Kier alpha value is -1.07. The van der Waals surface area contributed by atoms with Gasteiger partial charge in [0, 0.05) is 22.1 Å². The number of hydrogen-bond donors (Lipinski definition) is 2. The first-order valence-electron chi connectivity index (χ1n) is 6.14. The van der Waals surface area contributed by atoms with E-state index in [0.717, 1.165) is 17.3 Å². The predicted molar refractivity (Wildman–Crippen MR) is 86.0 cm³/mol. The molecule has 0 saturated carbocycles. The maximum absolute atomic E-state index is 11.7. The second kappa shape index (κ2) is 7.64. The van der Waals surface area contributed by atoms with Gasteiger partial charge in [0.2, 0.25) is 5.91 Å². The fraction of sp³-hybridized carbons (Fsp3) is 0.214. The summed E-state index contributed by atoms with van der Waals surface area (Å²) in [6, 6.07) is 11.0. The Morgan fingerprint density at radius 2 is 2.05 bits per heavy atom. The second-order valence-corrected chi connectivity index (χ2v) is 6.43. The van der Waals surface area contributed by atoms with Crippen molar-refractivity contribution in [1.82, 2.24) is 5.32 Å². The third kappa shape index (κ3) is 5.13. The molecule has 0 bridgehead atoms. The number of anilines is 1. The molecule has 1 heterocycles. The van der Waals surface area contributed by atoms with Crippen molar-refractivity contribution in [3.8, 4) is 0 Å². The number of benzene rings is 1.